The Morgan fingerprint density at radius 2 is 1.60 bits per heavy atom. The van der Waals surface area contributed by atoms with Crippen molar-refractivity contribution >= 4 is 17.5 Å². The fourth-order valence-electron chi connectivity index (χ4n) is 2.54. The number of methoxy groups -OCH3 is 2. The first-order valence-electron chi connectivity index (χ1n) is 7.93. The zero-order valence-corrected chi connectivity index (χ0v) is 14.8. The molecule has 25 heavy (non-hydrogen) atoms. The number of anilines is 1. The number of ether oxygens (including phenoxy) is 2. The Hall–Kier alpha value is -3.02. The predicted molar refractivity (Wildman–Crippen MR) is 96.7 cm³/mol. The van der Waals surface area contributed by atoms with Gasteiger partial charge in [0.2, 0.25) is 0 Å². The summed E-state index contributed by atoms with van der Waals surface area (Å²) >= 11 is 0. The molecule has 0 spiro atoms. The number of hydrogen-bond acceptors (Lipinski definition) is 4. The first kappa shape index (κ1) is 18.3. The van der Waals surface area contributed by atoms with Crippen LogP contribution in [0.15, 0.2) is 36.4 Å². The minimum Gasteiger partial charge on any atom is -0.493 e. The molecule has 2 aromatic rings. The molecule has 0 heterocycles. The van der Waals surface area contributed by atoms with Gasteiger partial charge in [0.1, 0.15) is 0 Å². The van der Waals surface area contributed by atoms with Gasteiger partial charge in [0.05, 0.1) is 25.5 Å². The topological polar surface area (TPSA) is 76.7 Å². The lowest BCUT2D eigenvalue weighted by Gasteiger charge is -2.15. The summed E-state index contributed by atoms with van der Waals surface area (Å²) in [5.74, 6) is 0.471. The van der Waals surface area contributed by atoms with Crippen molar-refractivity contribution in [2.75, 3.05) is 26.6 Å². The molecule has 0 aromatic heterocycles. The number of amides is 2. The Kier molecular flexibility index (Phi) is 6.00. The lowest BCUT2D eigenvalue weighted by Crippen LogP contribution is -2.22. The minimum absolute atomic E-state index is 0.265. The van der Waals surface area contributed by atoms with Gasteiger partial charge < -0.3 is 20.1 Å². The van der Waals surface area contributed by atoms with E-state index in [0.29, 0.717) is 34.7 Å². The van der Waals surface area contributed by atoms with Crippen LogP contribution in [0.4, 0.5) is 5.69 Å². The number of benzene rings is 2. The average Bonchev–Trinajstić information content (AvgIpc) is 2.66. The van der Waals surface area contributed by atoms with Crippen molar-refractivity contribution in [1.82, 2.24) is 5.32 Å². The summed E-state index contributed by atoms with van der Waals surface area (Å²) < 4.78 is 10.6. The van der Waals surface area contributed by atoms with Crippen molar-refractivity contribution in [1.29, 1.82) is 0 Å². The Morgan fingerprint density at radius 1 is 0.960 bits per heavy atom. The van der Waals surface area contributed by atoms with E-state index in [9.17, 15) is 9.59 Å². The van der Waals surface area contributed by atoms with Gasteiger partial charge in [-0.1, -0.05) is 19.1 Å². The largest absolute Gasteiger partial charge is 0.493 e. The lowest BCUT2D eigenvalue weighted by atomic mass is 10.0. The molecule has 0 aliphatic carbocycles. The van der Waals surface area contributed by atoms with Gasteiger partial charge in [-0.05, 0) is 36.2 Å². The molecule has 2 aromatic carbocycles. The Bertz CT molecular complexity index is 787. The predicted octanol–water partition coefficient (Wildman–Crippen LogP) is 2.88. The zero-order chi connectivity index (χ0) is 18.4. The van der Waals surface area contributed by atoms with Crippen LogP contribution in [0.5, 0.6) is 11.5 Å². The number of carbonyl (C=O) groups excluding carboxylic acids is 2. The Labute approximate surface area is 147 Å². The molecule has 6 heteroatoms. The molecular weight excluding hydrogens is 320 g/mol. The normalized spacial score (nSPS) is 10.1. The second-order valence-corrected chi connectivity index (χ2v) is 5.30. The number of para-hydroxylation sites is 1. The zero-order valence-electron chi connectivity index (χ0n) is 14.8. The summed E-state index contributed by atoms with van der Waals surface area (Å²) in [6.07, 6.45) is 0.653. The second kappa shape index (κ2) is 8.19. The van der Waals surface area contributed by atoms with Gasteiger partial charge in [-0.25, -0.2) is 0 Å². The molecular formula is C19H22N2O4. The molecule has 0 atom stereocenters. The number of hydrogen-bond donors (Lipinski definition) is 2. The van der Waals surface area contributed by atoms with Crippen molar-refractivity contribution in [3.8, 4) is 11.5 Å². The fraction of sp³-hybridized carbons (Fsp3) is 0.263. The highest BCUT2D eigenvalue weighted by molar-refractivity contribution is 6.09. The van der Waals surface area contributed by atoms with Gasteiger partial charge in [0, 0.05) is 12.6 Å². The Morgan fingerprint density at radius 3 is 2.20 bits per heavy atom. The van der Waals surface area contributed by atoms with Crippen LogP contribution in [0, 0.1) is 0 Å². The molecule has 132 valence electrons. The third kappa shape index (κ3) is 3.91. The molecule has 0 radical (unpaired) electrons. The van der Waals surface area contributed by atoms with Crippen LogP contribution in [0.25, 0.3) is 0 Å². The quantitative estimate of drug-likeness (QED) is 0.846. The van der Waals surface area contributed by atoms with Gasteiger partial charge in [-0.3, -0.25) is 9.59 Å². The second-order valence-electron chi connectivity index (χ2n) is 5.30. The maximum Gasteiger partial charge on any atom is 0.256 e. The number of nitrogens with one attached hydrogen (secondary N) is 2. The molecule has 2 rings (SSSR count). The first-order chi connectivity index (χ1) is 12.0. The summed E-state index contributed by atoms with van der Waals surface area (Å²) in [5.41, 5.74) is 2.15. The van der Waals surface area contributed by atoms with E-state index in [2.05, 4.69) is 10.6 Å². The van der Waals surface area contributed by atoms with Crippen molar-refractivity contribution in [3.05, 3.63) is 53.1 Å². The molecule has 2 amide bonds. The van der Waals surface area contributed by atoms with Crippen LogP contribution in [0.1, 0.15) is 33.2 Å². The number of rotatable bonds is 6. The van der Waals surface area contributed by atoms with Crippen LogP contribution in [-0.2, 0) is 6.42 Å². The molecule has 0 aliphatic heterocycles. The van der Waals surface area contributed by atoms with Crippen LogP contribution >= 0.6 is 0 Å². The molecule has 0 unspecified atom stereocenters. The summed E-state index contributed by atoms with van der Waals surface area (Å²) in [6, 6.07) is 10.3. The van der Waals surface area contributed by atoms with Gasteiger partial charge >= 0.3 is 0 Å². The molecule has 0 aliphatic rings. The van der Waals surface area contributed by atoms with Gasteiger partial charge in [0.15, 0.2) is 11.5 Å². The van der Waals surface area contributed by atoms with E-state index in [-0.39, 0.29) is 11.8 Å². The summed E-state index contributed by atoms with van der Waals surface area (Å²) in [7, 11) is 4.62. The molecule has 6 nitrogen and oxygen atoms in total. The molecule has 0 saturated carbocycles. The summed E-state index contributed by atoms with van der Waals surface area (Å²) in [5, 5.41) is 5.37. The van der Waals surface area contributed by atoms with E-state index in [1.165, 1.54) is 7.11 Å². The highest BCUT2D eigenvalue weighted by atomic mass is 16.5. The third-order valence-corrected chi connectivity index (χ3v) is 3.88. The van der Waals surface area contributed by atoms with Crippen molar-refractivity contribution < 1.29 is 19.1 Å². The fourth-order valence-corrected chi connectivity index (χ4v) is 2.54. The van der Waals surface area contributed by atoms with Crippen LogP contribution in [0.3, 0.4) is 0 Å². The molecule has 0 fully saturated rings. The van der Waals surface area contributed by atoms with E-state index < -0.39 is 0 Å². The van der Waals surface area contributed by atoms with E-state index in [1.807, 2.05) is 6.92 Å². The molecule has 0 saturated heterocycles. The van der Waals surface area contributed by atoms with E-state index in [1.54, 1.807) is 50.6 Å². The SMILES string of the molecule is CCc1cc(OC)c(OC)cc1C(=O)Nc1ccccc1C(=O)NC. The molecule has 2 N–H and O–H groups in total. The van der Waals surface area contributed by atoms with E-state index >= 15 is 0 Å². The third-order valence-electron chi connectivity index (χ3n) is 3.88. The number of aryl methyl sites for hydroxylation is 1. The minimum atomic E-state index is -0.311. The van der Waals surface area contributed by atoms with Crippen LogP contribution in [0.2, 0.25) is 0 Å². The van der Waals surface area contributed by atoms with Crippen molar-refractivity contribution in [2.24, 2.45) is 0 Å². The molecule has 0 bridgehead atoms. The van der Waals surface area contributed by atoms with Crippen LogP contribution < -0.4 is 20.1 Å². The average molecular weight is 342 g/mol. The standard InChI is InChI=1S/C19H22N2O4/c1-5-12-10-16(24-3)17(25-4)11-14(12)19(23)21-15-9-7-6-8-13(15)18(22)20-2/h6-11H,5H2,1-4H3,(H,20,22)(H,21,23). The van der Waals surface area contributed by atoms with E-state index in [0.717, 1.165) is 5.56 Å². The maximum atomic E-state index is 12.8. The maximum absolute atomic E-state index is 12.8. The monoisotopic (exact) mass is 342 g/mol. The van der Waals surface area contributed by atoms with Crippen LogP contribution in [-0.4, -0.2) is 33.1 Å². The van der Waals surface area contributed by atoms with Gasteiger partial charge in [-0.2, -0.15) is 0 Å². The first-order valence-corrected chi connectivity index (χ1v) is 7.93. The van der Waals surface area contributed by atoms with E-state index in [4.69, 9.17) is 9.47 Å². The number of carbonyl (C=O) groups is 2. The van der Waals surface area contributed by atoms with Gasteiger partial charge in [-0.15, -0.1) is 0 Å². The Balaban J connectivity index is 2.41. The summed E-state index contributed by atoms with van der Waals surface area (Å²) in [6.45, 7) is 1.95. The van der Waals surface area contributed by atoms with Gasteiger partial charge in [0.25, 0.3) is 11.8 Å². The van der Waals surface area contributed by atoms with Crippen molar-refractivity contribution in [2.45, 2.75) is 13.3 Å². The summed E-state index contributed by atoms with van der Waals surface area (Å²) in [4.78, 5) is 24.7. The lowest BCUT2D eigenvalue weighted by molar-refractivity contribution is 0.0964. The highest BCUT2D eigenvalue weighted by Gasteiger charge is 2.18. The highest BCUT2D eigenvalue weighted by Crippen LogP contribution is 2.31. The van der Waals surface area contributed by atoms with Crippen molar-refractivity contribution in [3.63, 3.8) is 0 Å². The smallest absolute Gasteiger partial charge is 0.256 e.